The molecule has 2 N–H and O–H groups in total. The quantitative estimate of drug-likeness (QED) is 0.659. The molecule has 0 amide bonds. The maximum atomic E-state index is 11.8. The topological polar surface area (TPSA) is 52.3 Å². The van der Waals surface area contributed by atoms with Crippen molar-refractivity contribution in [1.29, 1.82) is 0 Å². The molecule has 4 aliphatic carbocycles. The number of carbonyl (C=O) groups is 1. The number of hydrogen-bond acceptors (Lipinski definition) is 3. The van der Waals surface area contributed by atoms with Gasteiger partial charge in [0.15, 0.2) is 0 Å². The first-order valence-electron chi connectivity index (χ1n) is 5.94. The molecule has 0 radical (unpaired) electrons. The summed E-state index contributed by atoms with van der Waals surface area (Å²) in [5, 5.41) is 0. The molecule has 4 fully saturated rings. The smallest absolute Gasteiger partial charge is 0.310 e. The largest absolute Gasteiger partial charge is 0.469 e. The Balaban J connectivity index is 1.96. The van der Waals surface area contributed by atoms with Gasteiger partial charge >= 0.3 is 5.97 Å². The predicted molar refractivity (Wildman–Crippen MR) is 55.9 cm³/mol. The zero-order valence-corrected chi connectivity index (χ0v) is 9.40. The molecular weight excluding hydrogens is 190 g/mol. The average molecular weight is 209 g/mol. The van der Waals surface area contributed by atoms with Gasteiger partial charge in [-0.05, 0) is 49.9 Å². The molecule has 4 rings (SSSR count). The van der Waals surface area contributed by atoms with Crippen molar-refractivity contribution >= 4 is 5.97 Å². The molecule has 4 aliphatic rings. The molecule has 3 heteroatoms. The zero-order valence-electron chi connectivity index (χ0n) is 9.40. The van der Waals surface area contributed by atoms with E-state index < -0.39 is 0 Å². The van der Waals surface area contributed by atoms with Gasteiger partial charge in [-0.2, -0.15) is 0 Å². The number of nitrogens with two attached hydrogens (primary N) is 1. The lowest BCUT2D eigenvalue weighted by Crippen LogP contribution is -2.62. The van der Waals surface area contributed by atoms with Gasteiger partial charge < -0.3 is 10.5 Å². The minimum Gasteiger partial charge on any atom is -0.469 e. The van der Waals surface area contributed by atoms with Crippen LogP contribution < -0.4 is 5.73 Å². The SMILES string of the molecule is COC(=O)[C@H]1C2CCC(C3CC32)C1(C)N. The maximum absolute atomic E-state index is 11.8. The van der Waals surface area contributed by atoms with E-state index in [-0.39, 0.29) is 17.4 Å². The summed E-state index contributed by atoms with van der Waals surface area (Å²) in [5.74, 6) is 2.52. The van der Waals surface area contributed by atoms with E-state index in [1.807, 2.05) is 0 Å². The van der Waals surface area contributed by atoms with Gasteiger partial charge in [-0.3, -0.25) is 4.79 Å². The first-order valence-corrected chi connectivity index (χ1v) is 5.94. The van der Waals surface area contributed by atoms with Gasteiger partial charge in [0.25, 0.3) is 0 Å². The summed E-state index contributed by atoms with van der Waals surface area (Å²) < 4.78 is 4.93. The number of carbonyl (C=O) groups excluding carboxylic acids is 1. The third-order valence-electron chi connectivity index (χ3n) is 5.12. The van der Waals surface area contributed by atoms with Crippen LogP contribution in [-0.2, 0) is 9.53 Å². The van der Waals surface area contributed by atoms with E-state index in [2.05, 4.69) is 6.92 Å². The van der Waals surface area contributed by atoms with E-state index in [0.717, 1.165) is 11.8 Å². The van der Waals surface area contributed by atoms with Crippen LogP contribution in [0.5, 0.6) is 0 Å². The van der Waals surface area contributed by atoms with Crippen molar-refractivity contribution in [2.45, 2.75) is 31.7 Å². The number of ether oxygens (including phenoxy) is 1. The summed E-state index contributed by atoms with van der Waals surface area (Å²) in [6, 6.07) is 0. The first-order chi connectivity index (χ1) is 7.07. The Hall–Kier alpha value is -0.570. The number of methoxy groups -OCH3 is 1. The third kappa shape index (κ3) is 1.07. The Morgan fingerprint density at radius 1 is 1.33 bits per heavy atom. The van der Waals surface area contributed by atoms with Crippen LogP contribution in [0, 0.1) is 29.6 Å². The van der Waals surface area contributed by atoms with Crippen molar-refractivity contribution < 1.29 is 9.53 Å². The fourth-order valence-corrected chi connectivity index (χ4v) is 4.42. The van der Waals surface area contributed by atoms with Gasteiger partial charge in [-0.15, -0.1) is 0 Å². The van der Waals surface area contributed by atoms with Crippen LogP contribution in [0.4, 0.5) is 0 Å². The van der Waals surface area contributed by atoms with Gasteiger partial charge in [0.2, 0.25) is 0 Å². The van der Waals surface area contributed by atoms with Crippen molar-refractivity contribution in [3.8, 4) is 0 Å². The van der Waals surface area contributed by atoms with Crippen LogP contribution >= 0.6 is 0 Å². The minimum atomic E-state index is -0.326. The second-order valence-electron chi connectivity index (χ2n) is 5.78. The van der Waals surface area contributed by atoms with Gasteiger partial charge in [0.05, 0.1) is 13.0 Å². The molecule has 0 aromatic rings. The Bertz CT molecular complexity index is 313. The molecule has 6 atom stereocenters. The molecule has 0 aromatic heterocycles. The van der Waals surface area contributed by atoms with Crippen LogP contribution in [0.2, 0.25) is 0 Å². The number of rotatable bonds is 1. The monoisotopic (exact) mass is 209 g/mol. The highest BCUT2D eigenvalue weighted by molar-refractivity contribution is 5.75. The highest BCUT2D eigenvalue weighted by Crippen LogP contribution is 2.66. The molecule has 3 nitrogen and oxygen atoms in total. The van der Waals surface area contributed by atoms with Crippen LogP contribution in [0.15, 0.2) is 0 Å². The molecule has 0 heterocycles. The van der Waals surface area contributed by atoms with E-state index in [0.29, 0.717) is 11.8 Å². The molecule has 0 aromatic carbocycles. The summed E-state index contributed by atoms with van der Waals surface area (Å²) in [4.78, 5) is 11.8. The van der Waals surface area contributed by atoms with E-state index >= 15 is 0 Å². The first kappa shape index (κ1) is 9.64. The lowest BCUT2D eigenvalue weighted by molar-refractivity contribution is -0.157. The van der Waals surface area contributed by atoms with Crippen molar-refractivity contribution in [2.75, 3.05) is 7.11 Å². The van der Waals surface area contributed by atoms with Crippen molar-refractivity contribution in [1.82, 2.24) is 0 Å². The highest BCUT2D eigenvalue weighted by Gasteiger charge is 2.66. The standard InChI is InChI=1S/C12H19NO2/c1-12(13)9-4-3-6(7-5-8(7)9)10(12)11(14)15-2/h6-10H,3-5,13H2,1-2H3/t6?,7?,8?,9?,10-,12?/m1/s1. The van der Waals surface area contributed by atoms with E-state index in [1.165, 1.54) is 26.4 Å². The van der Waals surface area contributed by atoms with Crippen LogP contribution in [0.1, 0.15) is 26.2 Å². The summed E-state index contributed by atoms with van der Waals surface area (Å²) in [5.41, 5.74) is 6.07. The second kappa shape index (κ2) is 2.76. The molecular formula is C12H19NO2. The van der Waals surface area contributed by atoms with Crippen molar-refractivity contribution in [3.63, 3.8) is 0 Å². The Kier molecular flexibility index (Phi) is 1.77. The Labute approximate surface area is 90.4 Å². The molecule has 2 bridgehead atoms. The van der Waals surface area contributed by atoms with Crippen molar-refractivity contribution in [2.24, 2.45) is 35.3 Å². The average Bonchev–Trinajstić information content (AvgIpc) is 2.96. The lowest BCUT2D eigenvalue weighted by Gasteiger charge is -2.52. The summed E-state index contributed by atoms with van der Waals surface area (Å²) >= 11 is 0. The maximum Gasteiger partial charge on any atom is 0.310 e. The molecule has 4 saturated carbocycles. The fraction of sp³-hybridized carbons (Fsp3) is 0.917. The van der Waals surface area contributed by atoms with Crippen LogP contribution in [0.3, 0.4) is 0 Å². The van der Waals surface area contributed by atoms with E-state index in [1.54, 1.807) is 0 Å². The number of fused-ring (bicyclic) bond motifs is 2. The molecule has 15 heavy (non-hydrogen) atoms. The van der Waals surface area contributed by atoms with Gasteiger partial charge in [0.1, 0.15) is 0 Å². The lowest BCUT2D eigenvalue weighted by atomic mass is 9.55. The van der Waals surface area contributed by atoms with E-state index in [4.69, 9.17) is 10.5 Å². The van der Waals surface area contributed by atoms with Crippen LogP contribution in [0.25, 0.3) is 0 Å². The second-order valence-corrected chi connectivity index (χ2v) is 5.78. The van der Waals surface area contributed by atoms with E-state index in [9.17, 15) is 4.79 Å². The van der Waals surface area contributed by atoms with Crippen LogP contribution in [-0.4, -0.2) is 18.6 Å². The van der Waals surface area contributed by atoms with Gasteiger partial charge in [-0.25, -0.2) is 0 Å². The summed E-state index contributed by atoms with van der Waals surface area (Å²) in [7, 11) is 1.48. The molecule has 84 valence electrons. The predicted octanol–water partition coefficient (Wildman–Crippen LogP) is 1.17. The normalized spacial score (nSPS) is 56.1. The molecule has 0 spiro atoms. The highest BCUT2D eigenvalue weighted by atomic mass is 16.5. The molecule has 0 saturated heterocycles. The zero-order chi connectivity index (χ0) is 10.8. The van der Waals surface area contributed by atoms with Crippen molar-refractivity contribution in [3.05, 3.63) is 0 Å². The molecule has 5 unspecified atom stereocenters. The van der Waals surface area contributed by atoms with Gasteiger partial charge in [0, 0.05) is 5.54 Å². The summed E-state index contributed by atoms with van der Waals surface area (Å²) in [6.45, 7) is 2.06. The van der Waals surface area contributed by atoms with Gasteiger partial charge in [-0.1, -0.05) is 0 Å². The Morgan fingerprint density at radius 3 is 2.73 bits per heavy atom. The number of esters is 1. The molecule has 0 aliphatic heterocycles. The fourth-order valence-electron chi connectivity index (χ4n) is 4.42. The summed E-state index contributed by atoms with van der Waals surface area (Å²) in [6.07, 6.45) is 3.69. The minimum absolute atomic E-state index is 0.0509. The Morgan fingerprint density at radius 2 is 2.07 bits per heavy atom. The third-order valence-corrected chi connectivity index (χ3v) is 5.12. The number of hydrogen-bond donors (Lipinski definition) is 1.